The molecule has 2 rings (SSSR count). The number of hydrogen-bond acceptors (Lipinski definition) is 4. The lowest BCUT2D eigenvalue weighted by Crippen LogP contribution is -2.07. The Hall–Kier alpha value is -2.17. The number of rotatable bonds is 10. The molecule has 0 amide bonds. The van der Waals surface area contributed by atoms with Crippen LogP contribution in [0, 0.1) is 0 Å². The van der Waals surface area contributed by atoms with Gasteiger partial charge in [-0.05, 0) is 24.1 Å². The standard InChI is InChI=1S/C18H25N3O2/c1-3-4-5-6-7-12-21-18(17(14-22)19-20-21)13-15-8-10-16(23-2)11-9-15/h8-11,14H,3-7,12-13H2,1-2H3. The van der Waals surface area contributed by atoms with Gasteiger partial charge in [-0.25, -0.2) is 4.68 Å². The van der Waals surface area contributed by atoms with Crippen molar-refractivity contribution in [2.45, 2.75) is 52.0 Å². The molecule has 0 radical (unpaired) electrons. The van der Waals surface area contributed by atoms with Crippen molar-refractivity contribution in [1.29, 1.82) is 0 Å². The first-order valence-electron chi connectivity index (χ1n) is 8.29. The Morgan fingerprint density at radius 2 is 1.87 bits per heavy atom. The minimum absolute atomic E-state index is 0.439. The SMILES string of the molecule is CCCCCCCn1nnc(C=O)c1Cc1ccc(OC)cc1. The summed E-state index contributed by atoms with van der Waals surface area (Å²) in [6.07, 6.45) is 7.46. The van der Waals surface area contributed by atoms with Crippen molar-refractivity contribution in [2.75, 3.05) is 7.11 Å². The molecular weight excluding hydrogens is 290 g/mol. The second kappa shape index (κ2) is 9.08. The fourth-order valence-electron chi connectivity index (χ4n) is 2.60. The van der Waals surface area contributed by atoms with E-state index in [1.54, 1.807) is 7.11 Å². The number of carbonyl (C=O) groups is 1. The Labute approximate surface area is 137 Å². The molecule has 1 aromatic heterocycles. The zero-order valence-corrected chi connectivity index (χ0v) is 14.0. The fourth-order valence-corrected chi connectivity index (χ4v) is 2.60. The highest BCUT2D eigenvalue weighted by Crippen LogP contribution is 2.16. The number of unbranched alkanes of at least 4 members (excludes halogenated alkanes) is 4. The molecule has 23 heavy (non-hydrogen) atoms. The van der Waals surface area contributed by atoms with Crippen LogP contribution in [0.25, 0.3) is 0 Å². The van der Waals surface area contributed by atoms with Crippen molar-refractivity contribution in [1.82, 2.24) is 15.0 Å². The molecule has 0 saturated carbocycles. The molecule has 0 bridgehead atoms. The van der Waals surface area contributed by atoms with Gasteiger partial charge >= 0.3 is 0 Å². The molecule has 5 heteroatoms. The molecule has 1 aromatic carbocycles. The van der Waals surface area contributed by atoms with Gasteiger partial charge in [0.2, 0.25) is 0 Å². The predicted molar refractivity (Wildman–Crippen MR) is 90.0 cm³/mol. The maximum absolute atomic E-state index is 11.2. The van der Waals surface area contributed by atoms with E-state index in [1.807, 2.05) is 28.9 Å². The van der Waals surface area contributed by atoms with E-state index in [0.717, 1.165) is 36.3 Å². The summed E-state index contributed by atoms with van der Waals surface area (Å²) in [4.78, 5) is 11.2. The monoisotopic (exact) mass is 315 g/mol. The number of carbonyl (C=O) groups excluding carboxylic acids is 1. The molecule has 5 nitrogen and oxygen atoms in total. The van der Waals surface area contributed by atoms with E-state index >= 15 is 0 Å². The highest BCUT2D eigenvalue weighted by molar-refractivity contribution is 5.73. The fraction of sp³-hybridized carbons (Fsp3) is 0.500. The van der Waals surface area contributed by atoms with Crippen molar-refractivity contribution in [3.8, 4) is 5.75 Å². The number of aryl methyl sites for hydroxylation is 1. The summed E-state index contributed by atoms with van der Waals surface area (Å²) in [5, 5.41) is 8.15. The van der Waals surface area contributed by atoms with Crippen LogP contribution in [0.2, 0.25) is 0 Å². The van der Waals surface area contributed by atoms with Gasteiger partial charge < -0.3 is 4.74 Å². The summed E-state index contributed by atoms with van der Waals surface area (Å²) >= 11 is 0. The Morgan fingerprint density at radius 3 is 2.52 bits per heavy atom. The third-order valence-electron chi connectivity index (χ3n) is 3.98. The Bertz CT molecular complexity index is 605. The van der Waals surface area contributed by atoms with Crippen LogP contribution in [0.1, 0.15) is 60.8 Å². The number of ether oxygens (including phenoxy) is 1. The van der Waals surface area contributed by atoms with E-state index in [4.69, 9.17) is 4.74 Å². The lowest BCUT2D eigenvalue weighted by molar-refractivity contribution is 0.111. The van der Waals surface area contributed by atoms with Gasteiger partial charge in [0, 0.05) is 13.0 Å². The molecule has 0 aliphatic rings. The van der Waals surface area contributed by atoms with E-state index in [-0.39, 0.29) is 0 Å². The van der Waals surface area contributed by atoms with Gasteiger partial charge in [-0.3, -0.25) is 4.79 Å². The van der Waals surface area contributed by atoms with Crippen molar-refractivity contribution in [3.63, 3.8) is 0 Å². The van der Waals surface area contributed by atoms with Crippen LogP contribution < -0.4 is 4.74 Å². The van der Waals surface area contributed by atoms with Gasteiger partial charge in [0.1, 0.15) is 11.4 Å². The van der Waals surface area contributed by atoms with Gasteiger partial charge in [0.25, 0.3) is 0 Å². The van der Waals surface area contributed by atoms with Crippen LogP contribution in [0.15, 0.2) is 24.3 Å². The second-order valence-electron chi connectivity index (χ2n) is 5.70. The average molecular weight is 315 g/mol. The first-order chi connectivity index (χ1) is 11.3. The van der Waals surface area contributed by atoms with Crippen molar-refractivity contribution < 1.29 is 9.53 Å². The number of benzene rings is 1. The average Bonchev–Trinajstić information content (AvgIpc) is 2.97. The number of aromatic nitrogens is 3. The molecule has 0 saturated heterocycles. The Kier molecular flexibility index (Phi) is 6.78. The van der Waals surface area contributed by atoms with E-state index in [0.29, 0.717) is 12.1 Å². The number of nitrogens with zero attached hydrogens (tertiary/aromatic N) is 3. The lowest BCUT2D eigenvalue weighted by atomic mass is 10.1. The topological polar surface area (TPSA) is 57.0 Å². The normalized spacial score (nSPS) is 10.7. The lowest BCUT2D eigenvalue weighted by Gasteiger charge is -2.08. The summed E-state index contributed by atoms with van der Waals surface area (Å²) in [5.74, 6) is 0.826. The van der Waals surface area contributed by atoms with E-state index in [9.17, 15) is 4.79 Å². The molecule has 1 heterocycles. The molecule has 0 spiro atoms. The van der Waals surface area contributed by atoms with Crippen LogP contribution in [-0.2, 0) is 13.0 Å². The van der Waals surface area contributed by atoms with Gasteiger partial charge in [-0.2, -0.15) is 0 Å². The third-order valence-corrected chi connectivity index (χ3v) is 3.98. The van der Waals surface area contributed by atoms with Crippen molar-refractivity contribution in [3.05, 3.63) is 41.2 Å². The first kappa shape index (κ1) is 17.2. The molecule has 0 atom stereocenters. The predicted octanol–water partition coefficient (Wildman–Crippen LogP) is 3.66. The first-order valence-corrected chi connectivity index (χ1v) is 8.29. The zero-order chi connectivity index (χ0) is 16.5. The largest absolute Gasteiger partial charge is 0.497 e. The molecule has 0 N–H and O–H groups in total. The van der Waals surface area contributed by atoms with Crippen LogP contribution in [0.3, 0.4) is 0 Å². The van der Waals surface area contributed by atoms with Gasteiger partial charge in [0.15, 0.2) is 6.29 Å². The van der Waals surface area contributed by atoms with Crippen molar-refractivity contribution in [2.24, 2.45) is 0 Å². The molecular formula is C18H25N3O2. The highest BCUT2D eigenvalue weighted by atomic mass is 16.5. The van der Waals surface area contributed by atoms with Crippen LogP contribution in [0.5, 0.6) is 5.75 Å². The van der Waals surface area contributed by atoms with Crippen LogP contribution in [-0.4, -0.2) is 28.4 Å². The van der Waals surface area contributed by atoms with Gasteiger partial charge in [0.05, 0.1) is 12.8 Å². The maximum Gasteiger partial charge on any atom is 0.172 e. The van der Waals surface area contributed by atoms with Crippen LogP contribution >= 0.6 is 0 Å². The zero-order valence-electron chi connectivity index (χ0n) is 14.0. The summed E-state index contributed by atoms with van der Waals surface area (Å²) in [6, 6.07) is 7.86. The molecule has 124 valence electrons. The second-order valence-corrected chi connectivity index (χ2v) is 5.70. The minimum atomic E-state index is 0.439. The summed E-state index contributed by atoms with van der Waals surface area (Å²) in [7, 11) is 1.65. The number of hydrogen-bond donors (Lipinski definition) is 0. The van der Waals surface area contributed by atoms with E-state index in [1.165, 1.54) is 25.7 Å². The van der Waals surface area contributed by atoms with Gasteiger partial charge in [-0.1, -0.05) is 50.0 Å². The molecule has 0 aliphatic heterocycles. The number of aldehydes is 1. The van der Waals surface area contributed by atoms with Gasteiger partial charge in [-0.15, -0.1) is 5.10 Å². The summed E-state index contributed by atoms with van der Waals surface area (Å²) < 4.78 is 7.05. The molecule has 2 aromatic rings. The smallest absolute Gasteiger partial charge is 0.172 e. The van der Waals surface area contributed by atoms with Crippen molar-refractivity contribution >= 4 is 6.29 Å². The quantitative estimate of drug-likeness (QED) is 0.496. The number of methoxy groups -OCH3 is 1. The van der Waals surface area contributed by atoms with Crippen LogP contribution in [0.4, 0.5) is 0 Å². The minimum Gasteiger partial charge on any atom is -0.497 e. The molecule has 0 unspecified atom stereocenters. The summed E-state index contributed by atoms with van der Waals surface area (Å²) in [6.45, 7) is 3.02. The highest BCUT2D eigenvalue weighted by Gasteiger charge is 2.12. The Morgan fingerprint density at radius 1 is 1.13 bits per heavy atom. The third kappa shape index (κ3) is 4.91. The van der Waals surface area contributed by atoms with E-state index < -0.39 is 0 Å². The Balaban J connectivity index is 2.03. The molecule has 0 aliphatic carbocycles. The van der Waals surface area contributed by atoms with E-state index in [2.05, 4.69) is 17.2 Å². The maximum atomic E-state index is 11.2. The molecule has 0 fully saturated rings. The summed E-state index contributed by atoms with van der Waals surface area (Å²) in [5.41, 5.74) is 2.44.